The number of hydrogen-bond donors (Lipinski definition) is 0. The minimum atomic E-state index is -0.456. The minimum absolute atomic E-state index is 0.0109. The van der Waals surface area contributed by atoms with E-state index in [0.29, 0.717) is 16.0 Å². The molecular formula is C14H12BrNO4. The summed E-state index contributed by atoms with van der Waals surface area (Å²) in [6.07, 6.45) is 0. The van der Waals surface area contributed by atoms with Gasteiger partial charge in [-0.05, 0) is 28.1 Å². The van der Waals surface area contributed by atoms with Gasteiger partial charge in [0.2, 0.25) is 0 Å². The topological polar surface area (TPSA) is 61.6 Å². The predicted octanol–water partition coefficient (Wildman–Crippen LogP) is 3.94. The van der Waals surface area contributed by atoms with Crippen LogP contribution in [-0.4, -0.2) is 12.0 Å². The summed E-state index contributed by atoms with van der Waals surface area (Å²) in [5.41, 5.74) is 0.858. The van der Waals surface area contributed by atoms with Crippen LogP contribution in [0.5, 0.6) is 11.5 Å². The van der Waals surface area contributed by atoms with Crippen LogP contribution in [0.1, 0.15) is 5.56 Å². The van der Waals surface area contributed by atoms with Crippen molar-refractivity contribution in [1.82, 2.24) is 0 Å². The van der Waals surface area contributed by atoms with E-state index in [1.165, 1.54) is 12.1 Å². The van der Waals surface area contributed by atoms with Crippen molar-refractivity contribution in [3.8, 4) is 11.5 Å². The monoisotopic (exact) mass is 337 g/mol. The van der Waals surface area contributed by atoms with Gasteiger partial charge in [0.15, 0.2) is 0 Å². The maximum Gasteiger partial charge on any atom is 0.273 e. The number of nitrogens with zero attached hydrogens (tertiary/aromatic N) is 1. The lowest BCUT2D eigenvalue weighted by molar-refractivity contribution is -0.385. The standard InChI is InChI=1S/C14H12BrNO4/c1-19-13-5-3-2-4-10(13)9-20-14-8-11(16(17)18)6-7-12(14)15/h2-8H,9H2,1H3. The fourth-order valence-corrected chi connectivity index (χ4v) is 2.06. The van der Waals surface area contributed by atoms with E-state index in [-0.39, 0.29) is 12.3 Å². The lowest BCUT2D eigenvalue weighted by Crippen LogP contribution is -1.99. The lowest BCUT2D eigenvalue weighted by atomic mass is 10.2. The van der Waals surface area contributed by atoms with Crippen molar-refractivity contribution in [3.63, 3.8) is 0 Å². The molecule has 0 atom stereocenters. The first kappa shape index (κ1) is 14.3. The number of rotatable bonds is 5. The van der Waals surface area contributed by atoms with Crippen LogP contribution < -0.4 is 9.47 Å². The summed E-state index contributed by atoms with van der Waals surface area (Å²) in [4.78, 5) is 10.3. The summed E-state index contributed by atoms with van der Waals surface area (Å²) in [7, 11) is 1.59. The molecule has 20 heavy (non-hydrogen) atoms. The molecule has 0 N–H and O–H groups in total. The molecule has 0 aliphatic heterocycles. The van der Waals surface area contributed by atoms with Crippen molar-refractivity contribution in [3.05, 3.63) is 62.6 Å². The Kier molecular flexibility index (Phi) is 4.57. The Morgan fingerprint density at radius 1 is 1.20 bits per heavy atom. The molecule has 0 heterocycles. The van der Waals surface area contributed by atoms with Crippen LogP contribution in [-0.2, 0) is 6.61 Å². The third kappa shape index (κ3) is 3.27. The number of hydrogen-bond acceptors (Lipinski definition) is 4. The maximum absolute atomic E-state index is 10.8. The van der Waals surface area contributed by atoms with E-state index >= 15 is 0 Å². The van der Waals surface area contributed by atoms with E-state index in [1.807, 2.05) is 24.3 Å². The van der Waals surface area contributed by atoms with Gasteiger partial charge in [-0.1, -0.05) is 18.2 Å². The quantitative estimate of drug-likeness (QED) is 0.612. The van der Waals surface area contributed by atoms with Crippen LogP contribution in [0, 0.1) is 10.1 Å². The molecule has 0 radical (unpaired) electrons. The summed E-state index contributed by atoms with van der Waals surface area (Å²) in [5.74, 6) is 1.14. The molecule has 2 aromatic carbocycles. The smallest absolute Gasteiger partial charge is 0.273 e. The zero-order valence-electron chi connectivity index (χ0n) is 10.7. The van der Waals surface area contributed by atoms with Crippen LogP contribution in [0.25, 0.3) is 0 Å². The second-order valence-corrected chi connectivity index (χ2v) is 4.83. The molecule has 0 saturated heterocycles. The summed E-state index contributed by atoms with van der Waals surface area (Å²) < 4.78 is 11.5. The molecule has 0 bridgehead atoms. The minimum Gasteiger partial charge on any atom is -0.496 e. The number of methoxy groups -OCH3 is 1. The van der Waals surface area contributed by atoms with Crippen molar-refractivity contribution in [2.45, 2.75) is 6.61 Å². The molecule has 0 saturated carbocycles. The first-order chi connectivity index (χ1) is 9.61. The maximum atomic E-state index is 10.8. The number of ether oxygens (including phenoxy) is 2. The highest BCUT2D eigenvalue weighted by atomic mass is 79.9. The fraction of sp³-hybridized carbons (Fsp3) is 0.143. The van der Waals surface area contributed by atoms with Gasteiger partial charge in [0.1, 0.15) is 18.1 Å². The molecule has 0 fully saturated rings. The van der Waals surface area contributed by atoms with Crippen LogP contribution in [0.3, 0.4) is 0 Å². The second kappa shape index (κ2) is 6.38. The Labute approximate surface area is 124 Å². The summed E-state index contributed by atoms with van der Waals surface area (Å²) in [5, 5.41) is 10.8. The molecule has 5 nitrogen and oxygen atoms in total. The van der Waals surface area contributed by atoms with E-state index in [1.54, 1.807) is 13.2 Å². The molecule has 6 heteroatoms. The van der Waals surface area contributed by atoms with Gasteiger partial charge >= 0.3 is 0 Å². The Bertz CT molecular complexity index is 630. The van der Waals surface area contributed by atoms with E-state index in [9.17, 15) is 10.1 Å². The van der Waals surface area contributed by atoms with Crippen molar-refractivity contribution in [2.75, 3.05) is 7.11 Å². The van der Waals surface area contributed by atoms with E-state index < -0.39 is 4.92 Å². The average molecular weight is 338 g/mol. The highest BCUT2D eigenvalue weighted by Gasteiger charge is 2.11. The van der Waals surface area contributed by atoms with E-state index in [0.717, 1.165) is 5.56 Å². The van der Waals surface area contributed by atoms with Gasteiger partial charge in [-0.2, -0.15) is 0 Å². The Morgan fingerprint density at radius 3 is 2.65 bits per heavy atom. The van der Waals surface area contributed by atoms with Gasteiger partial charge in [0.25, 0.3) is 5.69 Å². The van der Waals surface area contributed by atoms with Crippen LogP contribution in [0.2, 0.25) is 0 Å². The molecule has 0 aliphatic rings. The van der Waals surface area contributed by atoms with E-state index in [4.69, 9.17) is 9.47 Å². The van der Waals surface area contributed by atoms with Gasteiger partial charge in [0, 0.05) is 11.6 Å². The van der Waals surface area contributed by atoms with E-state index in [2.05, 4.69) is 15.9 Å². The number of nitro groups is 1. The third-order valence-corrected chi connectivity index (χ3v) is 3.36. The van der Waals surface area contributed by atoms with Crippen molar-refractivity contribution < 1.29 is 14.4 Å². The molecule has 0 aliphatic carbocycles. The van der Waals surface area contributed by atoms with Crippen LogP contribution >= 0.6 is 15.9 Å². The normalized spacial score (nSPS) is 10.1. The molecule has 0 unspecified atom stereocenters. The number of para-hydroxylation sites is 1. The highest BCUT2D eigenvalue weighted by molar-refractivity contribution is 9.10. The van der Waals surface area contributed by atoms with Gasteiger partial charge < -0.3 is 9.47 Å². The first-order valence-electron chi connectivity index (χ1n) is 5.80. The van der Waals surface area contributed by atoms with Gasteiger partial charge in [0.05, 0.1) is 22.6 Å². The predicted molar refractivity (Wildman–Crippen MR) is 78.1 cm³/mol. The highest BCUT2D eigenvalue weighted by Crippen LogP contribution is 2.30. The number of halogens is 1. The molecule has 104 valence electrons. The van der Waals surface area contributed by atoms with Crippen LogP contribution in [0.4, 0.5) is 5.69 Å². The van der Waals surface area contributed by atoms with Gasteiger partial charge in [-0.25, -0.2) is 0 Å². The Hall–Kier alpha value is -2.08. The largest absolute Gasteiger partial charge is 0.496 e. The molecule has 0 aromatic heterocycles. The number of nitro benzene ring substituents is 1. The first-order valence-corrected chi connectivity index (χ1v) is 6.59. The zero-order valence-corrected chi connectivity index (χ0v) is 12.3. The average Bonchev–Trinajstić information content (AvgIpc) is 2.46. The third-order valence-electron chi connectivity index (χ3n) is 2.70. The Balaban J connectivity index is 2.18. The van der Waals surface area contributed by atoms with Crippen molar-refractivity contribution >= 4 is 21.6 Å². The Morgan fingerprint density at radius 2 is 1.95 bits per heavy atom. The lowest BCUT2D eigenvalue weighted by Gasteiger charge is -2.11. The molecule has 0 amide bonds. The van der Waals surface area contributed by atoms with Gasteiger partial charge in [-0.3, -0.25) is 10.1 Å². The van der Waals surface area contributed by atoms with Crippen molar-refractivity contribution in [1.29, 1.82) is 0 Å². The van der Waals surface area contributed by atoms with Crippen LogP contribution in [0.15, 0.2) is 46.9 Å². The number of non-ortho nitro benzene ring substituents is 1. The molecule has 2 aromatic rings. The molecule has 2 rings (SSSR count). The zero-order chi connectivity index (χ0) is 14.5. The summed E-state index contributed by atoms with van der Waals surface area (Å²) >= 11 is 3.31. The summed E-state index contributed by atoms with van der Waals surface area (Å²) in [6, 6.07) is 11.9. The fourth-order valence-electron chi connectivity index (χ4n) is 1.69. The molecular weight excluding hydrogens is 326 g/mol. The second-order valence-electron chi connectivity index (χ2n) is 3.97. The number of benzene rings is 2. The van der Waals surface area contributed by atoms with Crippen molar-refractivity contribution in [2.24, 2.45) is 0 Å². The molecule has 0 spiro atoms. The SMILES string of the molecule is COc1ccccc1COc1cc([N+](=O)[O-])ccc1Br. The summed E-state index contributed by atoms with van der Waals surface area (Å²) in [6.45, 7) is 0.268. The van der Waals surface area contributed by atoms with Gasteiger partial charge in [-0.15, -0.1) is 0 Å².